The minimum absolute atomic E-state index is 0.135. The van der Waals surface area contributed by atoms with Gasteiger partial charge < -0.3 is 19.4 Å². The molecule has 1 atom stereocenters. The summed E-state index contributed by atoms with van der Waals surface area (Å²) in [7, 11) is 1.62. The van der Waals surface area contributed by atoms with Crippen molar-refractivity contribution in [2.45, 2.75) is 38.2 Å². The van der Waals surface area contributed by atoms with Crippen molar-refractivity contribution < 1.29 is 18.7 Å². The third-order valence-electron chi connectivity index (χ3n) is 4.53. The number of carbonyl (C=O) groups excluding carboxylic acids is 1. The van der Waals surface area contributed by atoms with Crippen LogP contribution in [0.1, 0.15) is 31.3 Å². The number of hydrogen-bond acceptors (Lipinski definition) is 6. The lowest BCUT2D eigenvalue weighted by atomic mass is 10.2. The summed E-state index contributed by atoms with van der Waals surface area (Å²) in [6.07, 6.45) is -0.317. The molecule has 1 unspecified atom stereocenters. The number of rotatable bonds is 10. The average molecular weight is 445 g/mol. The third-order valence-corrected chi connectivity index (χ3v) is 5.50. The number of carbonyl (C=O) groups is 1. The van der Waals surface area contributed by atoms with Crippen LogP contribution in [0.2, 0.25) is 0 Å². The molecule has 164 valence electrons. The van der Waals surface area contributed by atoms with Crippen molar-refractivity contribution in [3.8, 4) is 11.5 Å². The van der Waals surface area contributed by atoms with Crippen molar-refractivity contribution in [1.29, 1.82) is 0 Å². The first-order valence-electron chi connectivity index (χ1n) is 9.88. The molecule has 0 fully saturated rings. The van der Waals surface area contributed by atoms with Gasteiger partial charge in [0.1, 0.15) is 17.3 Å². The summed E-state index contributed by atoms with van der Waals surface area (Å²) in [5.41, 5.74) is 0.836. The van der Waals surface area contributed by atoms with Gasteiger partial charge in [-0.1, -0.05) is 23.9 Å². The molecule has 0 saturated carbocycles. The lowest BCUT2D eigenvalue weighted by Crippen LogP contribution is -2.24. The SMILES string of the molecule is CCn1c(SCC(=O)NCc2ccc(F)cc2)nnc1C(C)Oc1ccc(OC)cc1. The van der Waals surface area contributed by atoms with Crippen LogP contribution in [-0.4, -0.2) is 33.5 Å². The molecule has 0 aliphatic carbocycles. The van der Waals surface area contributed by atoms with Gasteiger partial charge in [-0.25, -0.2) is 4.39 Å². The van der Waals surface area contributed by atoms with Crippen LogP contribution in [0.25, 0.3) is 0 Å². The largest absolute Gasteiger partial charge is 0.497 e. The smallest absolute Gasteiger partial charge is 0.230 e. The Labute approximate surface area is 185 Å². The molecule has 3 aromatic rings. The fourth-order valence-electron chi connectivity index (χ4n) is 2.90. The monoisotopic (exact) mass is 444 g/mol. The van der Waals surface area contributed by atoms with E-state index in [-0.39, 0.29) is 23.6 Å². The number of nitrogens with one attached hydrogen (secondary N) is 1. The van der Waals surface area contributed by atoms with Crippen LogP contribution in [0.3, 0.4) is 0 Å². The van der Waals surface area contributed by atoms with E-state index in [1.807, 2.05) is 42.7 Å². The van der Waals surface area contributed by atoms with Crippen LogP contribution in [-0.2, 0) is 17.9 Å². The highest BCUT2D eigenvalue weighted by Crippen LogP contribution is 2.25. The molecule has 0 radical (unpaired) electrons. The molecule has 0 spiro atoms. The lowest BCUT2D eigenvalue weighted by Gasteiger charge is -2.15. The summed E-state index contributed by atoms with van der Waals surface area (Å²) in [6, 6.07) is 13.4. The summed E-state index contributed by atoms with van der Waals surface area (Å²) in [4.78, 5) is 12.2. The van der Waals surface area contributed by atoms with Crippen LogP contribution in [0.5, 0.6) is 11.5 Å². The number of amides is 1. The van der Waals surface area contributed by atoms with E-state index < -0.39 is 0 Å². The Bertz CT molecular complexity index is 993. The fourth-order valence-corrected chi connectivity index (χ4v) is 3.74. The zero-order chi connectivity index (χ0) is 22.2. The first kappa shape index (κ1) is 22.6. The number of halogens is 1. The molecule has 1 aromatic heterocycles. The van der Waals surface area contributed by atoms with Crippen molar-refractivity contribution >= 4 is 17.7 Å². The van der Waals surface area contributed by atoms with Crippen molar-refractivity contribution in [2.75, 3.05) is 12.9 Å². The Morgan fingerprint density at radius 3 is 2.45 bits per heavy atom. The van der Waals surface area contributed by atoms with Crippen molar-refractivity contribution in [3.05, 3.63) is 65.7 Å². The molecule has 0 bridgehead atoms. The van der Waals surface area contributed by atoms with Gasteiger partial charge in [0.25, 0.3) is 0 Å². The van der Waals surface area contributed by atoms with E-state index in [2.05, 4.69) is 15.5 Å². The molecule has 7 nitrogen and oxygen atoms in total. The predicted octanol–water partition coefficient (Wildman–Crippen LogP) is 3.99. The van der Waals surface area contributed by atoms with Gasteiger partial charge in [-0.3, -0.25) is 4.79 Å². The number of benzene rings is 2. The lowest BCUT2D eigenvalue weighted by molar-refractivity contribution is -0.118. The van der Waals surface area contributed by atoms with Crippen molar-refractivity contribution in [1.82, 2.24) is 20.1 Å². The quantitative estimate of drug-likeness (QED) is 0.477. The van der Waals surface area contributed by atoms with Gasteiger partial charge in [0.2, 0.25) is 5.91 Å². The van der Waals surface area contributed by atoms with E-state index in [1.54, 1.807) is 19.2 Å². The fraction of sp³-hybridized carbons (Fsp3) is 0.318. The standard InChI is InChI=1S/C22H25FN4O3S/c1-4-27-21(15(2)30-19-11-9-18(29-3)10-12-19)25-26-22(27)31-14-20(28)24-13-16-5-7-17(23)8-6-16/h5-12,15H,4,13-14H2,1-3H3,(H,24,28). The Hall–Kier alpha value is -3.07. The molecule has 1 N–H and O–H groups in total. The molecule has 0 aliphatic rings. The Balaban J connectivity index is 1.55. The molecular weight excluding hydrogens is 419 g/mol. The summed E-state index contributed by atoms with van der Waals surface area (Å²) in [5, 5.41) is 12.0. The van der Waals surface area contributed by atoms with Crippen LogP contribution < -0.4 is 14.8 Å². The second kappa shape index (κ2) is 10.8. The highest BCUT2D eigenvalue weighted by atomic mass is 32.2. The van der Waals surface area contributed by atoms with Crippen LogP contribution in [0, 0.1) is 5.82 Å². The number of ether oxygens (including phenoxy) is 2. The van der Waals surface area contributed by atoms with Crippen molar-refractivity contribution in [3.63, 3.8) is 0 Å². The molecule has 0 aliphatic heterocycles. The number of aromatic nitrogens is 3. The first-order valence-corrected chi connectivity index (χ1v) is 10.9. The molecule has 0 saturated heterocycles. The minimum Gasteiger partial charge on any atom is -0.497 e. The highest BCUT2D eigenvalue weighted by molar-refractivity contribution is 7.99. The van der Waals surface area contributed by atoms with Crippen LogP contribution in [0.15, 0.2) is 53.7 Å². The second-order valence-corrected chi connectivity index (χ2v) is 7.66. The van der Waals surface area contributed by atoms with Gasteiger partial charge in [-0.15, -0.1) is 10.2 Å². The minimum atomic E-state index is -0.317. The maximum Gasteiger partial charge on any atom is 0.230 e. The summed E-state index contributed by atoms with van der Waals surface area (Å²) >= 11 is 1.31. The van der Waals surface area contributed by atoms with Gasteiger partial charge in [0, 0.05) is 13.1 Å². The predicted molar refractivity (Wildman–Crippen MR) is 117 cm³/mol. The van der Waals surface area contributed by atoms with Crippen LogP contribution in [0.4, 0.5) is 4.39 Å². The highest BCUT2D eigenvalue weighted by Gasteiger charge is 2.19. The zero-order valence-electron chi connectivity index (χ0n) is 17.7. The van der Waals surface area contributed by atoms with E-state index in [0.29, 0.717) is 29.8 Å². The van der Waals surface area contributed by atoms with E-state index in [9.17, 15) is 9.18 Å². The Morgan fingerprint density at radius 1 is 1.13 bits per heavy atom. The average Bonchev–Trinajstić information content (AvgIpc) is 3.21. The molecule has 2 aromatic carbocycles. The van der Waals surface area contributed by atoms with E-state index in [1.165, 1.54) is 23.9 Å². The molecule has 1 amide bonds. The first-order chi connectivity index (χ1) is 15.0. The van der Waals surface area contributed by atoms with E-state index in [4.69, 9.17) is 9.47 Å². The molecule has 9 heteroatoms. The van der Waals surface area contributed by atoms with Gasteiger partial charge in [-0.2, -0.15) is 0 Å². The van der Waals surface area contributed by atoms with Crippen molar-refractivity contribution in [2.24, 2.45) is 0 Å². The van der Waals surface area contributed by atoms with Gasteiger partial charge in [0.05, 0.1) is 12.9 Å². The topological polar surface area (TPSA) is 78.3 Å². The number of hydrogen-bond donors (Lipinski definition) is 1. The summed E-state index contributed by atoms with van der Waals surface area (Å²) in [5.74, 6) is 1.91. The maximum atomic E-state index is 13.0. The maximum absolute atomic E-state index is 13.0. The number of thioether (sulfide) groups is 1. The van der Waals surface area contributed by atoms with Crippen LogP contribution >= 0.6 is 11.8 Å². The molecule has 31 heavy (non-hydrogen) atoms. The number of methoxy groups -OCH3 is 1. The molecule has 1 heterocycles. The normalized spacial score (nSPS) is 11.7. The molecule has 3 rings (SSSR count). The third kappa shape index (κ3) is 6.21. The zero-order valence-corrected chi connectivity index (χ0v) is 18.5. The number of nitrogens with zero attached hydrogens (tertiary/aromatic N) is 3. The Kier molecular flexibility index (Phi) is 7.88. The summed E-state index contributed by atoms with van der Waals surface area (Å²) < 4.78 is 26.0. The second-order valence-electron chi connectivity index (χ2n) is 6.71. The van der Waals surface area contributed by atoms with Gasteiger partial charge in [-0.05, 0) is 55.8 Å². The van der Waals surface area contributed by atoms with E-state index >= 15 is 0 Å². The Morgan fingerprint density at radius 2 is 1.81 bits per heavy atom. The van der Waals surface area contributed by atoms with Gasteiger partial charge in [0.15, 0.2) is 17.1 Å². The summed E-state index contributed by atoms with van der Waals surface area (Å²) in [6.45, 7) is 4.90. The molecular formula is C22H25FN4O3S. The van der Waals surface area contributed by atoms with Gasteiger partial charge >= 0.3 is 0 Å². The van der Waals surface area contributed by atoms with E-state index in [0.717, 1.165) is 11.3 Å².